The van der Waals surface area contributed by atoms with Gasteiger partial charge in [-0.25, -0.2) is 0 Å². The van der Waals surface area contributed by atoms with Gasteiger partial charge in [0.15, 0.2) is 0 Å². The monoisotopic (exact) mass is 232 g/mol. The second kappa shape index (κ2) is 4.64. The zero-order valence-electron chi connectivity index (χ0n) is 10.1. The third-order valence-corrected chi connectivity index (χ3v) is 3.31. The number of ether oxygens (including phenoxy) is 1. The van der Waals surface area contributed by atoms with Gasteiger partial charge < -0.3 is 14.7 Å². The first kappa shape index (κ1) is 11.7. The normalized spacial score (nSPS) is 22.6. The van der Waals surface area contributed by atoms with Crippen LogP contribution in [0, 0.1) is 11.3 Å². The number of anilines is 1. The van der Waals surface area contributed by atoms with Crippen LogP contribution in [0.3, 0.4) is 0 Å². The first-order chi connectivity index (χ1) is 8.17. The standard InChI is InChI=1S/C13H16N2O2/c1-9-12(5-6-16)17-13-4-3-10(8-14)7-11(13)15(9)2/h3-4,7,9,12,16H,5-6H2,1-2H3. The minimum absolute atomic E-state index is 0.00886. The topological polar surface area (TPSA) is 56.5 Å². The summed E-state index contributed by atoms with van der Waals surface area (Å²) in [6.45, 7) is 2.18. The van der Waals surface area contributed by atoms with E-state index in [2.05, 4.69) is 17.9 Å². The number of hydrogen-bond donors (Lipinski definition) is 1. The van der Waals surface area contributed by atoms with E-state index in [-0.39, 0.29) is 18.8 Å². The Morgan fingerprint density at radius 3 is 2.94 bits per heavy atom. The molecule has 4 heteroatoms. The molecular weight excluding hydrogens is 216 g/mol. The van der Waals surface area contributed by atoms with E-state index in [4.69, 9.17) is 15.1 Å². The van der Waals surface area contributed by atoms with Gasteiger partial charge >= 0.3 is 0 Å². The molecule has 0 saturated heterocycles. The molecule has 2 unspecified atom stereocenters. The van der Waals surface area contributed by atoms with E-state index >= 15 is 0 Å². The smallest absolute Gasteiger partial charge is 0.143 e. The Morgan fingerprint density at radius 1 is 1.53 bits per heavy atom. The summed E-state index contributed by atoms with van der Waals surface area (Å²) < 4.78 is 5.84. The van der Waals surface area contributed by atoms with E-state index in [1.807, 2.05) is 19.2 Å². The number of likely N-dealkylation sites (N-methyl/N-ethyl adjacent to an activating group) is 1. The fourth-order valence-electron chi connectivity index (χ4n) is 2.12. The Morgan fingerprint density at radius 2 is 2.29 bits per heavy atom. The average molecular weight is 232 g/mol. The number of aliphatic hydroxyl groups is 1. The van der Waals surface area contributed by atoms with Crippen molar-refractivity contribution in [3.05, 3.63) is 23.8 Å². The van der Waals surface area contributed by atoms with Crippen LogP contribution in [0.25, 0.3) is 0 Å². The van der Waals surface area contributed by atoms with Gasteiger partial charge in [-0.2, -0.15) is 5.26 Å². The molecule has 4 nitrogen and oxygen atoms in total. The second-order valence-electron chi connectivity index (χ2n) is 4.31. The molecule has 90 valence electrons. The lowest BCUT2D eigenvalue weighted by atomic mass is 10.0. The highest BCUT2D eigenvalue weighted by molar-refractivity contribution is 5.63. The molecular formula is C13H16N2O2. The SMILES string of the molecule is CC1C(CCO)Oc2ccc(C#N)cc2N1C. The van der Waals surface area contributed by atoms with Crippen molar-refractivity contribution in [1.82, 2.24) is 0 Å². The van der Waals surface area contributed by atoms with Crippen LogP contribution in [0.5, 0.6) is 5.75 Å². The minimum Gasteiger partial charge on any atom is -0.486 e. The molecule has 0 aliphatic carbocycles. The molecule has 0 bridgehead atoms. The largest absolute Gasteiger partial charge is 0.486 e. The minimum atomic E-state index is -0.00886. The van der Waals surface area contributed by atoms with E-state index in [9.17, 15) is 0 Å². The Kier molecular flexibility index (Phi) is 3.21. The van der Waals surface area contributed by atoms with Gasteiger partial charge in [-0.15, -0.1) is 0 Å². The summed E-state index contributed by atoms with van der Waals surface area (Å²) in [5.74, 6) is 0.781. The summed E-state index contributed by atoms with van der Waals surface area (Å²) in [5, 5.41) is 17.9. The summed E-state index contributed by atoms with van der Waals surface area (Å²) in [5.41, 5.74) is 1.57. The summed E-state index contributed by atoms with van der Waals surface area (Å²) in [6.07, 6.45) is 0.607. The first-order valence-electron chi connectivity index (χ1n) is 5.72. The quantitative estimate of drug-likeness (QED) is 0.840. The molecule has 1 N–H and O–H groups in total. The molecule has 2 atom stereocenters. The lowest BCUT2D eigenvalue weighted by Crippen LogP contribution is -2.46. The van der Waals surface area contributed by atoms with Crippen molar-refractivity contribution in [2.75, 3.05) is 18.6 Å². The molecule has 1 aliphatic heterocycles. The molecule has 0 amide bonds. The highest BCUT2D eigenvalue weighted by Crippen LogP contribution is 2.36. The summed E-state index contributed by atoms with van der Waals surface area (Å²) in [6, 6.07) is 7.71. The number of nitriles is 1. The summed E-state index contributed by atoms with van der Waals surface area (Å²) >= 11 is 0. The van der Waals surface area contributed by atoms with Crippen molar-refractivity contribution in [1.29, 1.82) is 5.26 Å². The van der Waals surface area contributed by atoms with Crippen LogP contribution in [0.2, 0.25) is 0 Å². The van der Waals surface area contributed by atoms with Crippen LogP contribution >= 0.6 is 0 Å². The van der Waals surface area contributed by atoms with Gasteiger partial charge in [0, 0.05) is 20.1 Å². The van der Waals surface area contributed by atoms with Crippen LogP contribution in [-0.4, -0.2) is 30.9 Å². The van der Waals surface area contributed by atoms with E-state index < -0.39 is 0 Å². The van der Waals surface area contributed by atoms with Gasteiger partial charge in [0.25, 0.3) is 0 Å². The van der Waals surface area contributed by atoms with Crippen LogP contribution in [-0.2, 0) is 0 Å². The zero-order valence-corrected chi connectivity index (χ0v) is 10.1. The molecule has 0 fully saturated rings. The van der Waals surface area contributed by atoms with E-state index in [1.165, 1.54) is 0 Å². The highest BCUT2D eigenvalue weighted by Gasteiger charge is 2.30. The zero-order chi connectivity index (χ0) is 12.4. The predicted molar refractivity (Wildman–Crippen MR) is 65.1 cm³/mol. The first-order valence-corrected chi connectivity index (χ1v) is 5.72. The molecule has 2 rings (SSSR count). The number of benzene rings is 1. The molecule has 1 aromatic carbocycles. The van der Waals surface area contributed by atoms with Crippen molar-refractivity contribution in [2.45, 2.75) is 25.5 Å². The van der Waals surface area contributed by atoms with Crippen LogP contribution in [0.4, 0.5) is 5.69 Å². The average Bonchev–Trinajstić information content (AvgIpc) is 2.35. The number of rotatable bonds is 2. The third-order valence-electron chi connectivity index (χ3n) is 3.31. The molecule has 1 heterocycles. The third kappa shape index (κ3) is 2.06. The Balaban J connectivity index is 2.35. The van der Waals surface area contributed by atoms with Crippen LogP contribution < -0.4 is 9.64 Å². The molecule has 1 aromatic rings. The van der Waals surface area contributed by atoms with Crippen LogP contribution in [0.15, 0.2) is 18.2 Å². The summed E-state index contributed by atoms with van der Waals surface area (Å²) in [4.78, 5) is 2.10. The number of hydrogen-bond acceptors (Lipinski definition) is 4. The van der Waals surface area contributed by atoms with E-state index in [0.717, 1.165) is 11.4 Å². The summed E-state index contributed by atoms with van der Waals surface area (Å²) in [7, 11) is 1.98. The van der Waals surface area contributed by atoms with E-state index in [1.54, 1.807) is 6.07 Å². The predicted octanol–water partition coefficient (Wildman–Crippen LogP) is 1.53. The van der Waals surface area contributed by atoms with Crippen LogP contribution in [0.1, 0.15) is 18.9 Å². The Labute approximate surface area is 101 Å². The number of aliphatic hydroxyl groups excluding tert-OH is 1. The van der Waals surface area contributed by atoms with Gasteiger partial charge in [-0.3, -0.25) is 0 Å². The lowest BCUT2D eigenvalue weighted by molar-refractivity contribution is 0.124. The maximum absolute atomic E-state index is 9.01. The molecule has 17 heavy (non-hydrogen) atoms. The fraction of sp³-hybridized carbons (Fsp3) is 0.462. The second-order valence-corrected chi connectivity index (χ2v) is 4.31. The maximum atomic E-state index is 9.01. The number of nitrogens with zero attached hydrogens (tertiary/aromatic N) is 2. The highest BCUT2D eigenvalue weighted by atomic mass is 16.5. The molecule has 0 spiro atoms. The number of fused-ring (bicyclic) bond motifs is 1. The molecule has 0 radical (unpaired) electrons. The Hall–Kier alpha value is -1.73. The maximum Gasteiger partial charge on any atom is 0.143 e. The van der Waals surface area contributed by atoms with Gasteiger partial charge in [-0.05, 0) is 25.1 Å². The molecule has 0 saturated carbocycles. The van der Waals surface area contributed by atoms with Gasteiger partial charge in [0.2, 0.25) is 0 Å². The lowest BCUT2D eigenvalue weighted by Gasteiger charge is -2.39. The van der Waals surface area contributed by atoms with Gasteiger partial charge in [0.05, 0.1) is 23.4 Å². The van der Waals surface area contributed by atoms with Crippen molar-refractivity contribution < 1.29 is 9.84 Å². The van der Waals surface area contributed by atoms with Crippen molar-refractivity contribution in [3.8, 4) is 11.8 Å². The molecule has 0 aromatic heterocycles. The van der Waals surface area contributed by atoms with E-state index in [0.29, 0.717) is 12.0 Å². The molecule has 1 aliphatic rings. The fourth-order valence-corrected chi connectivity index (χ4v) is 2.12. The van der Waals surface area contributed by atoms with Crippen molar-refractivity contribution in [3.63, 3.8) is 0 Å². The van der Waals surface area contributed by atoms with Crippen molar-refractivity contribution in [2.24, 2.45) is 0 Å². The van der Waals surface area contributed by atoms with Crippen molar-refractivity contribution >= 4 is 5.69 Å². The Bertz CT molecular complexity index is 453. The van der Waals surface area contributed by atoms with Gasteiger partial charge in [-0.1, -0.05) is 0 Å². The van der Waals surface area contributed by atoms with Gasteiger partial charge in [0.1, 0.15) is 11.9 Å².